The van der Waals surface area contributed by atoms with Crippen molar-refractivity contribution in [1.29, 1.82) is 0 Å². The van der Waals surface area contributed by atoms with E-state index in [-0.39, 0.29) is 23.8 Å². The first kappa shape index (κ1) is 28.4. The summed E-state index contributed by atoms with van der Waals surface area (Å²) < 4.78 is 11.2. The van der Waals surface area contributed by atoms with Gasteiger partial charge in [0.25, 0.3) is 0 Å². The first-order valence-electron chi connectivity index (χ1n) is 13.2. The molecular weight excluding hydrogens is 400 g/mol. The Bertz CT molecular complexity index is 611. The Balaban J connectivity index is 2.52. The van der Waals surface area contributed by atoms with Gasteiger partial charge in [0, 0.05) is 25.0 Å². The van der Waals surface area contributed by atoms with Crippen molar-refractivity contribution in [3.63, 3.8) is 0 Å². The van der Waals surface area contributed by atoms with Gasteiger partial charge in [0.05, 0.1) is 12.5 Å². The minimum atomic E-state index is -0.193. The molecule has 0 bridgehead atoms. The molecule has 0 heterocycles. The molecule has 4 heteroatoms. The average molecular weight is 447 g/mol. The molecule has 1 rings (SSSR count). The van der Waals surface area contributed by atoms with Crippen LogP contribution < -0.4 is 0 Å². The Hall–Kier alpha value is -1.60. The minimum Gasteiger partial charge on any atom is -0.466 e. The Kier molecular flexibility index (Phi) is 16.8. The molecule has 0 radical (unpaired) electrons. The zero-order valence-corrected chi connectivity index (χ0v) is 20.9. The average Bonchev–Trinajstić information content (AvgIpc) is 3.07. The lowest BCUT2D eigenvalue weighted by Crippen LogP contribution is -2.26. The molecule has 32 heavy (non-hydrogen) atoms. The van der Waals surface area contributed by atoms with E-state index in [0.717, 1.165) is 50.5 Å². The Morgan fingerprint density at radius 2 is 1.59 bits per heavy atom. The summed E-state index contributed by atoms with van der Waals surface area (Å²) in [5.74, 6) is 6.51. The number of carbonyl (C=O) groups is 2. The number of rotatable bonds is 18. The van der Waals surface area contributed by atoms with Crippen molar-refractivity contribution in [2.45, 2.75) is 123 Å². The van der Waals surface area contributed by atoms with Crippen LogP contribution in [-0.2, 0) is 19.1 Å². The highest BCUT2D eigenvalue weighted by atomic mass is 16.5. The normalized spacial score (nSPS) is 17.7. The van der Waals surface area contributed by atoms with Gasteiger partial charge in [-0.3, -0.25) is 9.59 Å². The Morgan fingerprint density at radius 1 is 0.906 bits per heavy atom. The van der Waals surface area contributed by atoms with Crippen LogP contribution in [0.5, 0.6) is 0 Å². The van der Waals surface area contributed by atoms with Crippen molar-refractivity contribution >= 4 is 11.8 Å². The van der Waals surface area contributed by atoms with Crippen LogP contribution in [0.15, 0.2) is 11.6 Å². The smallest absolute Gasteiger partial charge is 0.305 e. The maximum absolute atomic E-state index is 12.7. The van der Waals surface area contributed by atoms with Gasteiger partial charge in [0.2, 0.25) is 0 Å². The SMILES string of the molecule is CCCCCCC#CC1=CC(=O)[C@H](CCCCCCC)[C@H]1OCCCCCC(=O)OCC. The van der Waals surface area contributed by atoms with Crippen LogP contribution in [0.3, 0.4) is 0 Å². The Morgan fingerprint density at radius 3 is 2.31 bits per heavy atom. The van der Waals surface area contributed by atoms with Crippen LogP contribution in [0, 0.1) is 17.8 Å². The lowest BCUT2D eigenvalue weighted by molar-refractivity contribution is -0.143. The van der Waals surface area contributed by atoms with E-state index in [1.165, 1.54) is 44.9 Å². The summed E-state index contributed by atoms with van der Waals surface area (Å²) in [7, 11) is 0. The molecule has 2 atom stereocenters. The molecule has 0 aliphatic heterocycles. The number of ether oxygens (including phenoxy) is 2. The lowest BCUT2D eigenvalue weighted by Gasteiger charge is -2.21. The highest BCUT2D eigenvalue weighted by Crippen LogP contribution is 2.30. The number of hydrogen-bond acceptors (Lipinski definition) is 4. The molecule has 0 aromatic heterocycles. The van der Waals surface area contributed by atoms with E-state index < -0.39 is 0 Å². The molecule has 182 valence electrons. The van der Waals surface area contributed by atoms with E-state index in [9.17, 15) is 9.59 Å². The number of hydrogen-bond donors (Lipinski definition) is 0. The van der Waals surface area contributed by atoms with E-state index in [4.69, 9.17) is 9.47 Å². The lowest BCUT2D eigenvalue weighted by atomic mass is 9.93. The van der Waals surface area contributed by atoms with Crippen LogP contribution in [-0.4, -0.2) is 31.1 Å². The van der Waals surface area contributed by atoms with Crippen LogP contribution in [0.1, 0.15) is 117 Å². The third kappa shape index (κ3) is 12.4. The number of esters is 1. The maximum atomic E-state index is 12.7. The fourth-order valence-electron chi connectivity index (χ4n) is 4.08. The molecule has 0 aromatic carbocycles. The summed E-state index contributed by atoms with van der Waals surface area (Å²) in [6.07, 6.45) is 17.2. The van der Waals surface area contributed by atoms with Gasteiger partial charge in [-0.1, -0.05) is 83.5 Å². The molecule has 0 saturated heterocycles. The van der Waals surface area contributed by atoms with Gasteiger partial charge in [-0.15, -0.1) is 0 Å². The standard InChI is InChI=1S/C28H46O4/c1-4-7-9-11-13-15-19-24-23-26(29)25(20-16-12-10-8-5-2)28(24)32-22-18-14-17-21-27(30)31-6-3/h23,25,28H,4-14,16-18,20-22H2,1-3H3/t25-,28-/m0/s1. The van der Waals surface area contributed by atoms with Crippen LogP contribution in [0.4, 0.5) is 0 Å². The zero-order valence-electron chi connectivity index (χ0n) is 20.9. The number of allylic oxidation sites excluding steroid dienone is 1. The highest BCUT2D eigenvalue weighted by Gasteiger charge is 2.35. The van der Waals surface area contributed by atoms with Crippen LogP contribution in [0.25, 0.3) is 0 Å². The number of carbonyl (C=O) groups excluding carboxylic acids is 2. The third-order valence-electron chi connectivity index (χ3n) is 5.97. The van der Waals surface area contributed by atoms with Crippen molar-refractivity contribution in [3.8, 4) is 11.8 Å². The molecule has 4 nitrogen and oxygen atoms in total. The van der Waals surface area contributed by atoms with Crippen LogP contribution in [0.2, 0.25) is 0 Å². The van der Waals surface area contributed by atoms with Gasteiger partial charge in [0.15, 0.2) is 5.78 Å². The van der Waals surface area contributed by atoms with Gasteiger partial charge in [0.1, 0.15) is 6.10 Å². The molecule has 0 unspecified atom stereocenters. The molecule has 0 N–H and O–H groups in total. The summed E-state index contributed by atoms with van der Waals surface area (Å²) in [5, 5.41) is 0. The number of ketones is 1. The second-order valence-corrected chi connectivity index (χ2v) is 8.83. The first-order valence-corrected chi connectivity index (χ1v) is 13.2. The second kappa shape index (κ2) is 18.9. The summed E-state index contributed by atoms with van der Waals surface area (Å²) in [4.78, 5) is 24.1. The first-order chi connectivity index (χ1) is 15.6. The molecule has 1 aliphatic carbocycles. The van der Waals surface area contributed by atoms with Crippen LogP contribution >= 0.6 is 0 Å². The van der Waals surface area contributed by atoms with E-state index in [2.05, 4.69) is 25.7 Å². The molecular formula is C28H46O4. The van der Waals surface area contributed by atoms with Crippen molar-refractivity contribution < 1.29 is 19.1 Å². The van der Waals surface area contributed by atoms with Gasteiger partial charge >= 0.3 is 5.97 Å². The minimum absolute atomic E-state index is 0.0828. The topological polar surface area (TPSA) is 52.6 Å². The maximum Gasteiger partial charge on any atom is 0.305 e. The van der Waals surface area contributed by atoms with Gasteiger partial charge in [-0.2, -0.15) is 0 Å². The van der Waals surface area contributed by atoms with E-state index >= 15 is 0 Å². The second-order valence-electron chi connectivity index (χ2n) is 8.83. The predicted molar refractivity (Wildman–Crippen MR) is 131 cm³/mol. The van der Waals surface area contributed by atoms with Crippen molar-refractivity contribution in [2.75, 3.05) is 13.2 Å². The fraction of sp³-hybridized carbons (Fsp3) is 0.786. The molecule has 0 spiro atoms. The van der Waals surface area contributed by atoms with E-state index in [1.54, 1.807) is 6.08 Å². The molecule has 1 aliphatic rings. The summed E-state index contributed by atoms with van der Waals surface area (Å²) in [5.41, 5.74) is 0.871. The van der Waals surface area contributed by atoms with Gasteiger partial charge < -0.3 is 9.47 Å². The largest absolute Gasteiger partial charge is 0.466 e. The predicted octanol–water partition coefficient (Wildman–Crippen LogP) is 6.95. The summed E-state index contributed by atoms with van der Waals surface area (Å²) in [6, 6.07) is 0. The third-order valence-corrected chi connectivity index (χ3v) is 5.97. The highest BCUT2D eigenvalue weighted by molar-refractivity contribution is 5.97. The van der Waals surface area contributed by atoms with Gasteiger partial charge in [-0.25, -0.2) is 0 Å². The summed E-state index contributed by atoms with van der Waals surface area (Å²) >= 11 is 0. The fourth-order valence-corrected chi connectivity index (χ4v) is 4.08. The van der Waals surface area contributed by atoms with E-state index in [1.807, 2.05) is 6.92 Å². The van der Waals surface area contributed by atoms with Crippen molar-refractivity contribution in [2.24, 2.45) is 5.92 Å². The molecule has 0 saturated carbocycles. The number of unbranched alkanes of at least 4 members (excludes halogenated alkanes) is 10. The Labute approximate surface area is 196 Å². The monoisotopic (exact) mass is 446 g/mol. The molecule has 0 amide bonds. The molecule has 0 aromatic rings. The zero-order chi connectivity index (χ0) is 23.4. The van der Waals surface area contributed by atoms with Gasteiger partial charge in [-0.05, 0) is 38.7 Å². The quantitative estimate of drug-likeness (QED) is 0.130. The van der Waals surface area contributed by atoms with Crippen molar-refractivity contribution in [1.82, 2.24) is 0 Å². The van der Waals surface area contributed by atoms with E-state index in [0.29, 0.717) is 19.6 Å². The summed E-state index contributed by atoms with van der Waals surface area (Å²) in [6.45, 7) is 7.29. The molecule has 0 fully saturated rings. The van der Waals surface area contributed by atoms with Crippen molar-refractivity contribution in [3.05, 3.63) is 11.6 Å².